The number of ether oxygens (including phenoxy) is 1. The predicted octanol–water partition coefficient (Wildman–Crippen LogP) is 1.80. The van der Waals surface area contributed by atoms with E-state index < -0.39 is 0 Å². The minimum Gasteiger partial charge on any atom is -0.494 e. The summed E-state index contributed by atoms with van der Waals surface area (Å²) < 4.78 is 5.50. The minimum absolute atomic E-state index is 0.0914. The van der Waals surface area contributed by atoms with Crippen LogP contribution in [0.2, 0.25) is 0 Å². The Morgan fingerprint density at radius 2 is 2.09 bits per heavy atom. The van der Waals surface area contributed by atoms with E-state index >= 15 is 0 Å². The van der Waals surface area contributed by atoms with Gasteiger partial charge in [-0.1, -0.05) is 0 Å². The lowest BCUT2D eigenvalue weighted by Gasteiger charge is -2.29. The maximum absolute atomic E-state index is 11.1. The van der Waals surface area contributed by atoms with E-state index in [1.54, 1.807) is 6.26 Å². The van der Waals surface area contributed by atoms with E-state index in [0.29, 0.717) is 6.42 Å². The van der Waals surface area contributed by atoms with Crippen molar-refractivity contribution >= 4 is 5.78 Å². The van der Waals surface area contributed by atoms with Gasteiger partial charge < -0.3 is 4.74 Å². The molecule has 1 heterocycles. The smallest absolute Gasteiger partial charge is 0.162 e. The molecule has 11 heavy (non-hydrogen) atoms. The molecule has 1 spiro atoms. The third-order valence-corrected chi connectivity index (χ3v) is 2.58. The van der Waals surface area contributed by atoms with Gasteiger partial charge in [-0.15, -0.1) is 0 Å². The Hall–Kier alpha value is -0.790. The van der Waals surface area contributed by atoms with Crippen molar-refractivity contribution in [2.75, 3.05) is 0 Å². The Balaban J connectivity index is 2.15. The first-order chi connectivity index (χ1) is 5.31. The SMILES string of the molecule is O=C1C=COC2(CCCC2)C1. The molecule has 0 aromatic heterocycles. The van der Waals surface area contributed by atoms with Crippen molar-refractivity contribution in [2.24, 2.45) is 0 Å². The van der Waals surface area contributed by atoms with E-state index in [9.17, 15) is 4.79 Å². The van der Waals surface area contributed by atoms with Crippen LogP contribution in [0.5, 0.6) is 0 Å². The highest BCUT2D eigenvalue weighted by molar-refractivity contribution is 5.90. The third kappa shape index (κ3) is 1.17. The van der Waals surface area contributed by atoms with Crippen LogP contribution in [0.3, 0.4) is 0 Å². The molecule has 0 saturated heterocycles. The van der Waals surface area contributed by atoms with E-state index in [1.165, 1.54) is 18.9 Å². The standard InChI is InChI=1S/C9H12O2/c10-8-3-6-11-9(7-8)4-1-2-5-9/h3,6H,1-2,4-5,7H2. The van der Waals surface area contributed by atoms with Crippen LogP contribution in [0.1, 0.15) is 32.1 Å². The fourth-order valence-corrected chi connectivity index (χ4v) is 1.99. The van der Waals surface area contributed by atoms with Gasteiger partial charge in [-0.25, -0.2) is 0 Å². The summed E-state index contributed by atoms with van der Waals surface area (Å²) in [5.41, 5.74) is -0.0914. The van der Waals surface area contributed by atoms with Crippen molar-refractivity contribution in [1.29, 1.82) is 0 Å². The van der Waals surface area contributed by atoms with E-state index in [0.717, 1.165) is 12.8 Å². The molecule has 2 aliphatic rings. The molecule has 0 aromatic carbocycles. The first kappa shape index (κ1) is 6.89. The fourth-order valence-electron chi connectivity index (χ4n) is 1.99. The molecular weight excluding hydrogens is 140 g/mol. The molecule has 1 fully saturated rings. The number of allylic oxidation sites excluding steroid dienone is 1. The average molecular weight is 152 g/mol. The molecule has 0 radical (unpaired) electrons. The second-order valence-corrected chi connectivity index (χ2v) is 3.45. The van der Waals surface area contributed by atoms with E-state index in [-0.39, 0.29) is 11.4 Å². The van der Waals surface area contributed by atoms with Crippen LogP contribution in [0.15, 0.2) is 12.3 Å². The molecule has 1 aliphatic carbocycles. The van der Waals surface area contributed by atoms with Gasteiger partial charge in [0.1, 0.15) is 5.60 Å². The number of carbonyl (C=O) groups excluding carboxylic acids is 1. The van der Waals surface area contributed by atoms with Gasteiger partial charge in [0.25, 0.3) is 0 Å². The van der Waals surface area contributed by atoms with Crippen molar-refractivity contribution in [3.8, 4) is 0 Å². The lowest BCUT2D eigenvalue weighted by molar-refractivity contribution is -0.122. The highest BCUT2D eigenvalue weighted by atomic mass is 16.5. The summed E-state index contributed by atoms with van der Waals surface area (Å²) in [5, 5.41) is 0. The Morgan fingerprint density at radius 1 is 1.36 bits per heavy atom. The van der Waals surface area contributed by atoms with Crippen molar-refractivity contribution < 1.29 is 9.53 Å². The second kappa shape index (κ2) is 2.36. The number of hydrogen-bond acceptors (Lipinski definition) is 2. The first-order valence-electron chi connectivity index (χ1n) is 4.18. The summed E-state index contributed by atoms with van der Waals surface area (Å²) in [6, 6.07) is 0. The average Bonchev–Trinajstić information content (AvgIpc) is 2.37. The van der Waals surface area contributed by atoms with Crippen molar-refractivity contribution in [2.45, 2.75) is 37.7 Å². The van der Waals surface area contributed by atoms with Gasteiger partial charge in [0.15, 0.2) is 5.78 Å². The molecule has 1 saturated carbocycles. The molecule has 0 atom stereocenters. The molecule has 0 bridgehead atoms. The number of carbonyl (C=O) groups is 1. The highest BCUT2D eigenvalue weighted by Crippen LogP contribution is 2.38. The van der Waals surface area contributed by atoms with Gasteiger partial charge in [-0.05, 0) is 25.7 Å². The maximum atomic E-state index is 11.1. The normalized spacial score (nSPS) is 27.5. The molecule has 0 aromatic rings. The van der Waals surface area contributed by atoms with Crippen LogP contribution < -0.4 is 0 Å². The van der Waals surface area contributed by atoms with Crippen molar-refractivity contribution in [3.63, 3.8) is 0 Å². The van der Waals surface area contributed by atoms with Crippen LogP contribution >= 0.6 is 0 Å². The zero-order valence-corrected chi connectivity index (χ0v) is 6.51. The molecule has 2 nitrogen and oxygen atoms in total. The van der Waals surface area contributed by atoms with E-state index in [4.69, 9.17) is 4.74 Å². The highest BCUT2D eigenvalue weighted by Gasteiger charge is 2.38. The molecule has 0 N–H and O–H groups in total. The molecule has 2 rings (SSSR count). The maximum Gasteiger partial charge on any atom is 0.162 e. The fraction of sp³-hybridized carbons (Fsp3) is 0.667. The summed E-state index contributed by atoms with van der Waals surface area (Å²) in [7, 11) is 0. The molecular formula is C9H12O2. The van der Waals surface area contributed by atoms with Gasteiger partial charge in [-0.3, -0.25) is 4.79 Å². The minimum atomic E-state index is -0.0914. The zero-order chi connectivity index (χ0) is 7.73. The van der Waals surface area contributed by atoms with Gasteiger partial charge in [0, 0.05) is 6.08 Å². The summed E-state index contributed by atoms with van der Waals surface area (Å²) >= 11 is 0. The molecule has 60 valence electrons. The summed E-state index contributed by atoms with van der Waals surface area (Å²) in [4.78, 5) is 11.1. The molecule has 0 amide bonds. The number of hydrogen-bond donors (Lipinski definition) is 0. The Bertz CT molecular complexity index is 200. The van der Waals surface area contributed by atoms with Gasteiger partial charge >= 0.3 is 0 Å². The lowest BCUT2D eigenvalue weighted by Crippen LogP contribution is -2.32. The van der Waals surface area contributed by atoms with E-state index in [1.807, 2.05) is 0 Å². The number of rotatable bonds is 0. The molecule has 1 aliphatic heterocycles. The van der Waals surface area contributed by atoms with Gasteiger partial charge in [-0.2, -0.15) is 0 Å². The van der Waals surface area contributed by atoms with Gasteiger partial charge in [0.05, 0.1) is 12.7 Å². The van der Waals surface area contributed by atoms with Crippen LogP contribution in [-0.2, 0) is 9.53 Å². The Labute approximate surface area is 66.2 Å². The van der Waals surface area contributed by atoms with E-state index in [2.05, 4.69) is 0 Å². The lowest BCUT2D eigenvalue weighted by atomic mass is 9.93. The Morgan fingerprint density at radius 3 is 2.73 bits per heavy atom. The monoisotopic (exact) mass is 152 g/mol. The quantitative estimate of drug-likeness (QED) is 0.529. The Kier molecular flexibility index (Phi) is 1.48. The van der Waals surface area contributed by atoms with Crippen molar-refractivity contribution in [3.05, 3.63) is 12.3 Å². The van der Waals surface area contributed by atoms with Crippen LogP contribution in [0.4, 0.5) is 0 Å². The van der Waals surface area contributed by atoms with Crippen LogP contribution in [0.25, 0.3) is 0 Å². The number of ketones is 1. The summed E-state index contributed by atoms with van der Waals surface area (Å²) in [6.45, 7) is 0. The second-order valence-electron chi connectivity index (χ2n) is 3.45. The third-order valence-electron chi connectivity index (χ3n) is 2.58. The van der Waals surface area contributed by atoms with Crippen LogP contribution in [0, 0.1) is 0 Å². The zero-order valence-electron chi connectivity index (χ0n) is 6.51. The topological polar surface area (TPSA) is 26.3 Å². The van der Waals surface area contributed by atoms with Crippen molar-refractivity contribution in [1.82, 2.24) is 0 Å². The molecule has 0 unspecified atom stereocenters. The van der Waals surface area contributed by atoms with Crippen LogP contribution in [-0.4, -0.2) is 11.4 Å². The van der Waals surface area contributed by atoms with Gasteiger partial charge in [0.2, 0.25) is 0 Å². The largest absolute Gasteiger partial charge is 0.494 e. The molecule has 2 heteroatoms. The summed E-state index contributed by atoms with van der Waals surface area (Å²) in [5.74, 6) is 0.221. The first-order valence-corrected chi connectivity index (χ1v) is 4.18. The summed E-state index contributed by atoms with van der Waals surface area (Å²) in [6.07, 6.45) is 8.23. The predicted molar refractivity (Wildman–Crippen MR) is 41.0 cm³/mol.